The summed E-state index contributed by atoms with van der Waals surface area (Å²) in [5.74, 6) is 0. The first kappa shape index (κ1) is 9.56. The van der Waals surface area contributed by atoms with Crippen LogP contribution in [0.5, 0.6) is 0 Å². The van der Waals surface area contributed by atoms with Crippen LogP contribution in [0.1, 0.15) is 1.37 Å². The highest BCUT2D eigenvalue weighted by Gasteiger charge is 2.29. The summed E-state index contributed by atoms with van der Waals surface area (Å²) < 4.78 is 6.93. The lowest BCUT2D eigenvalue weighted by Gasteiger charge is -2.22. The van der Waals surface area contributed by atoms with Gasteiger partial charge in [-0.2, -0.15) is 0 Å². The molecule has 0 aromatic carbocycles. The zero-order valence-corrected chi connectivity index (χ0v) is 6.16. The third kappa shape index (κ3) is 2.84. The van der Waals surface area contributed by atoms with Crippen molar-refractivity contribution in [3.63, 3.8) is 0 Å². The predicted molar refractivity (Wildman–Crippen MR) is 37.2 cm³/mol. The molecule has 6 heteroatoms. The summed E-state index contributed by atoms with van der Waals surface area (Å²) in [4.78, 5) is 9.98. The number of carbonyl (C=O) groups excluding carboxylic acids is 1. The Bertz CT molecular complexity index is 173. The van der Waals surface area contributed by atoms with Crippen molar-refractivity contribution in [3.8, 4) is 0 Å². The molecule has 0 aromatic heterocycles. The van der Waals surface area contributed by atoms with E-state index in [0.717, 1.165) is 0 Å². The molecule has 0 fully saturated rings. The van der Waals surface area contributed by atoms with Gasteiger partial charge < -0.3 is 30.3 Å². The molecule has 0 saturated heterocycles. The van der Waals surface area contributed by atoms with Crippen molar-refractivity contribution in [2.45, 2.75) is 24.4 Å². The summed E-state index contributed by atoms with van der Waals surface area (Å²) in [5, 5.41) is 43.9. The van der Waals surface area contributed by atoms with Gasteiger partial charge in [0.1, 0.15) is 24.4 Å². The van der Waals surface area contributed by atoms with E-state index in [1.807, 2.05) is 0 Å². The number of hydrogen-bond donors (Lipinski definition) is 5. The summed E-state index contributed by atoms with van der Waals surface area (Å²) in [5.41, 5.74) is 0. The summed E-state index contributed by atoms with van der Waals surface area (Å²) in [6.45, 7) is -0.895. The average molecular weight is 182 g/mol. The van der Waals surface area contributed by atoms with Crippen LogP contribution in [0.2, 0.25) is 0 Å². The van der Waals surface area contributed by atoms with Gasteiger partial charge in [0, 0.05) is 0 Å². The third-order valence-electron chi connectivity index (χ3n) is 1.29. The van der Waals surface area contributed by atoms with Crippen LogP contribution < -0.4 is 0 Å². The molecule has 12 heavy (non-hydrogen) atoms. The highest BCUT2D eigenvalue weighted by atomic mass is 16.4. The first-order chi connectivity index (χ1) is 5.87. The third-order valence-corrected chi connectivity index (χ3v) is 1.29. The Morgan fingerprint density at radius 3 is 2.17 bits per heavy atom. The van der Waals surface area contributed by atoms with Gasteiger partial charge in [-0.15, -0.1) is 0 Å². The molecule has 0 bridgehead atoms. The van der Waals surface area contributed by atoms with Crippen molar-refractivity contribution in [2.75, 3.05) is 6.61 Å². The molecule has 0 aliphatic carbocycles. The molecule has 0 rings (SSSR count). The Hall–Kier alpha value is -0.530. The van der Waals surface area contributed by atoms with Gasteiger partial charge in [0.05, 0.1) is 7.98 Å². The van der Waals surface area contributed by atoms with Crippen LogP contribution in [0.15, 0.2) is 0 Å². The fourth-order valence-electron chi connectivity index (χ4n) is 0.542. The van der Waals surface area contributed by atoms with E-state index in [2.05, 4.69) is 0 Å². The monoisotopic (exact) mass is 182 g/mol. The number of hydrogen-bond acceptors (Lipinski definition) is 6. The van der Waals surface area contributed by atoms with Gasteiger partial charge in [0.2, 0.25) is 0 Å². The normalized spacial score (nSPS) is 24.9. The summed E-state index contributed by atoms with van der Waals surface area (Å²) >= 11 is 0. The van der Waals surface area contributed by atoms with Crippen LogP contribution in [-0.4, -0.2) is 62.8 Å². The lowest BCUT2D eigenvalue weighted by molar-refractivity contribution is -0.136. The van der Waals surface area contributed by atoms with Gasteiger partial charge in [-0.3, -0.25) is 0 Å². The van der Waals surface area contributed by atoms with Crippen LogP contribution in [0.4, 0.5) is 0 Å². The second-order valence-electron chi connectivity index (χ2n) is 2.20. The Kier molecular flexibility index (Phi) is 4.12. The minimum absolute atomic E-state index is 0.152. The van der Waals surface area contributed by atoms with Gasteiger partial charge in [-0.1, -0.05) is 0 Å². The van der Waals surface area contributed by atoms with E-state index in [4.69, 9.17) is 26.9 Å². The van der Waals surface area contributed by atoms with E-state index in [-0.39, 0.29) is 6.29 Å². The highest BCUT2D eigenvalue weighted by molar-refractivity contribution is 5.56. The fraction of sp³-hybridized carbons (Fsp3) is 0.833. The molecule has 0 unspecified atom stereocenters. The summed E-state index contributed by atoms with van der Waals surface area (Å²) in [6, 6.07) is 0. The van der Waals surface area contributed by atoms with Crippen LogP contribution in [0.25, 0.3) is 0 Å². The number of aldehydes is 1. The second kappa shape index (κ2) is 5.18. The summed E-state index contributed by atoms with van der Waals surface area (Å²) in [7, 11) is 0. The molecule has 0 aromatic rings. The molecule has 0 saturated carbocycles. The van der Waals surface area contributed by atoms with E-state index in [1.165, 1.54) is 0 Å². The highest BCUT2D eigenvalue weighted by Crippen LogP contribution is 2.02. The van der Waals surface area contributed by atoms with Gasteiger partial charge >= 0.3 is 0 Å². The van der Waals surface area contributed by atoms with Crippen LogP contribution in [0.3, 0.4) is 0 Å². The molecular formula is C6H12O6. The Morgan fingerprint density at radius 1 is 1.33 bits per heavy atom. The Balaban J connectivity index is 4.51. The zero-order valence-electron chi connectivity index (χ0n) is 7.16. The van der Waals surface area contributed by atoms with Crippen LogP contribution >= 0.6 is 0 Å². The predicted octanol–water partition coefficient (Wildman–Crippen LogP) is -3.38. The molecule has 0 spiro atoms. The number of aliphatic hydroxyl groups is 5. The average Bonchev–Trinajstić information content (AvgIpc) is 2.13. The standard InChI is InChI=1S/C6H12O6/c7-1-3(9)5(11)6(12)4(10)2-8/h1,3-6,8-12H,2H2/t3-,4+,5+,6+/m0/s1/i1+1,5D. The molecule has 0 aliphatic heterocycles. The molecule has 4 atom stereocenters. The zero-order chi connectivity index (χ0) is 10.6. The first-order valence-electron chi connectivity index (χ1n) is 3.70. The molecule has 0 amide bonds. The van der Waals surface area contributed by atoms with Crippen molar-refractivity contribution in [2.24, 2.45) is 0 Å². The lowest BCUT2D eigenvalue weighted by Crippen LogP contribution is -2.46. The van der Waals surface area contributed by atoms with Crippen molar-refractivity contribution >= 4 is 6.29 Å². The lowest BCUT2D eigenvalue weighted by atomic mass is 10.1. The van der Waals surface area contributed by atoms with E-state index in [9.17, 15) is 4.79 Å². The molecule has 72 valence electrons. The second-order valence-corrected chi connectivity index (χ2v) is 2.20. The molecule has 6 nitrogen and oxygen atoms in total. The van der Waals surface area contributed by atoms with Crippen molar-refractivity contribution in [1.82, 2.24) is 0 Å². The maximum absolute atomic E-state index is 9.98. The largest absolute Gasteiger partial charge is 0.394 e. The van der Waals surface area contributed by atoms with Gasteiger partial charge in [-0.25, -0.2) is 0 Å². The van der Waals surface area contributed by atoms with Crippen molar-refractivity contribution in [1.29, 1.82) is 0 Å². The van der Waals surface area contributed by atoms with E-state index in [0.29, 0.717) is 0 Å². The molecule has 0 radical (unpaired) electrons. The smallest absolute Gasteiger partial charge is 0.151 e. The van der Waals surface area contributed by atoms with E-state index in [1.54, 1.807) is 0 Å². The SMILES string of the molecule is [2H][C@](O)([C@H](O)[C@H](O)CO)[C@@H](O)[13CH]=O. The molecular weight excluding hydrogens is 169 g/mol. The Morgan fingerprint density at radius 2 is 1.83 bits per heavy atom. The molecule has 5 N–H and O–H groups in total. The minimum Gasteiger partial charge on any atom is -0.394 e. The Labute approximate surface area is 70.1 Å². The van der Waals surface area contributed by atoms with Crippen molar-refractivity contribution < 1.29 is 31.7 Å². The first-order valence-corrected chi connectivity index (χ1v) is 3.20. The minimum atomic E-state index is -2.93. The quantitative estimate of drug-likeness (QED) is 0.223. The topological polar surface area (TPSA) is 118 Å². The number of carbonyl (C=O) groups is 1. The van der Waals surface area contributed by atoms with Gasteiger partial charge in [0.25, 0.3) is 0 Å². The fourth-order valence-corrected chi connectivity index (χ4v) is 0.542. The van der Waals surface area contributed by atoms with E-state index < -0.39 is 31.0 Å². The number of aliphatic hydroxyl groups excluding tert-OH is 4. The van der Waals surface area contributed by atoms with Crippen LogP contribution in [0, 0.1) is 0 Å². The van der Waals surface area contributed by atoms with Gasteiger partial charge in [-0.05, 0) is 0 Å². The van der Waals surface area contributed by atoms with Gasteiger partial charge in [0.15, 0.2) is 6.29 Å². The molecule has 0 heterocycles. The van der Waals surface area contributed by atoms with Crippen LogP contribution in [-0.2, 0) is 4.79 Å². The maximum atomic E-state index is 9.98. The van der Waals surface area contributed by atoms with E-state index >= 15 is 0 Å². The number of rotatable bonds is 5. The molecule has 0 aliphatic rings. The van der Waals surface area contributed by atoms with Crippen molar-refractivity contribution in [3.05, 3.63) is 0 Å². The maximum Gasteiger partial charge on any atom is 0.151 e. The summed E-state index contributed by atoms with van der Waals surface area (Å²) in [6.07, 6.45) is -9.15.